The summed E-state index contributed by atoms with van der Waals surface area (Å²) in [4.78, 5) is 8.09. The van der Waals surface area contributed by atoms with Gasteiger partial charge in [0, 0.05) is 0 Å². The zero-order valence-electron chi connectivity index (χ0n) is 16.3. The Morgan fingerprint density at radius 3 is 1.97 bits per heavy atom. The Hall–Kier alpha value is -1.21. The first-order chi connectivity index (χ1) is 13.2. The summed E-state index contributed by atoms with van der Waals surface area (Å²) in [5.74, 6) is -0.617. The zero-order chi connectivity index (χ0) is 22.5. The molecule has 0 fully saturated rings. The summed E-state index contributed by atoms with van der Waals surface area (Å²) in [5.41, 5.74) is -1.52. The van der Waals surface area contributed by atoms with Crippen LogP contribution in [0.3, 0.4) is 0 Å². The van der Waals surface area contributed by atoms with Gasteiger partial charge in [0.1, 0.15) is 10.6 Å². The molecule has 1 rings (SSSR count). The van der Waals surface area contributed by atoms with Crippen LogP contribution in [-0.2, 0) is 44.2 Å². The van der Waals surface area contributed by atoms with Crippen LogP contribution >= 0.6 is 7.60 Å². The Bertz CT molecular complexity index is 809. The van der Waals surface area contributed by atoms with Gasteiger partial charge in [0.05, 0.1) is 24.9 Å². The third-order valence-corrected chi connectivity index (χ3v) is 5.41. The highest BCUT2D eigenvalue weighted by Crippen LogP contribution is 2.50. The summed E-state index contributed by atoms with van der Waals surface area (Å²) in [7, 11) is -8.62. The van der Waals surface area contributed by atoms with Crippen molar-refractivity contribution in [1.82, 2.24) is 0 Å². The van der Waals surface area contributed by atoms with Crippen molar-refractivity contribution in [2.45, 2.75) is 51.0 Å². The molecule has 9 nitrogen and oxygen atoms in total. The lowest BCUT2D eigenvalue weighted by Crippen LogP contribution is -2.18. The minimum Gasteiger partial charge on any atom is -0.495 e. The SMILES string of the molecule is COc1cccc(C(F)(F)F)c1S(=O)(=O)OCP(=O)(OOC(C)C)OOC(C)C. The average Bonchev–Trinajstić information content (AvgIpc) is 2.62. The molecule has 0 atom stereocenters. The molecule has 14 heteroatoms. The summed E-state index contributed by atoms with van der Waals surface area (Å²) >= 11 is 0. The zero-order valence-corrected chi connectivity index (χ0v) is 18.0. The predicted octanol–water partition coefficient (Wildman–Crippen LogP) is 4.28. The van der Waals surface area contributed by atoms with Crippen molar-refractivity contribution in [3.63, 3.8) is 0 Å². The highest BCUT2D eigenvalue weighted by atomic mass is 32.2. The van der Waals surface area contributed by atoms with Gasteiger partial charge in [-0.15, -0.1) is 9.35 Å². The van der Waals surface area contributed by atoms with E-state index >= 15 is 0 Å². The largest absolute Gasteiger partial charge is 0.495 e. The number of hydrogen-bond acceptors (Lipinski definition) is 9. The smallest absolute Gasteiger partial charge is 0.417 e. The fourth-order valence-corrected chi connectivity index (χ4v) is 4.47. The van der Waals surface area contributed by atoms with Gasteiger partial charge in [-0.05, 0) is 39.8 Å². The van der Waals surface area contributed by atoms with Crippen LogP contribution in [0.15, 0.2) is 23.1 Å². The second kappa shape index (κ2) is 10.2. The molecule has 1 aromatic carbocycles. The van der Waals surface area contributed by atoms with Gasteiger partial charge in [0.25, 0.3) is 0 Å². The van der Waals surface area contributed by atoms with Crippen molar-refractivity contribution < 1.29 is 54.2 Å². The van der Waals surface area contributed by atoms with Crippen molar-refractivity contribution in [3.8, 4) is 5.75 Å². The summed E-state index contributed by atoms with van der Waals surface area (Å²) < 4.78 is 95.8. The van der Waals surface area contributed by atoms with Crippen LogP contribution in [0.4, 0.5) is 13.2 Å². The molecule has 0 radical (unpaired) electrons. The summed E-state index contributed by atoms with van der Waals surface area (Å²) in [6.45, 7) is 6.04. The monoisotopic (exact) mass is 466 g/mol. The van der Waals surface area contributed by atoms with E-state index in [0.29, 0.717) is 6.07 Å². The number of benzene rings is 1. The molecule has 0 heterocycles. The highest BCUT2D eigenvalue weighted by Gasteiger charge is 2.41. The molecule has 0 unspecified atom stereocenters. The normalized spacial score (nSPS) is 13.3. The highest BCUT2D eigenvalue weighted by molar-refractivity contribution is 7.87. The van der Waals surface area contributed by atoms with Crippen molar-refractivity contribution in [1.29, 1.82) is 0 Å². The lowest BCUT2D eigenvalue weighted by Gasteiger charge is -2.19. The third kappa shape index (κ3) is 7.85. The van der Waals surface area contributed by atoms with E-state index in [0.717, 1.165) is 19.2 Å². The molecular weight excluding hydrogens is 444 g/mol. The Labute approximate surface area is 166 Å². The summed E-state index contributed by atoms with van der Waals surface area (Å²) in [6, 6.07) is 2.50. The molecule has 0 amide bonds. The number of hydrogen-bond donors (Lipinski definition) is 0. The minimum atomic E-state index is -5.12. The molecule has 1 aromatic rings. The molecule has 0 aliphatic carbocycles. The van der Waals surface area contributed by atoms with E-state index in [2.05, 4.69) is 23.3 Å². The van der Waals surface area contributed by atoms with Crippen LogP contribution < -0.4 is 4.74 Å². The molecule has 0 aromatic heterocycles. The molecule has 0 N–H and O–H groups in total. The maximum absolute atomic E-state index is 13.3. The van der Waals surface area contributed by atoms with Gasteiger partial charge in [-0.1, -0.05) is 6.07 Å². The molecule has 0 aliphatic heterocycles. The average molecular weight is 466 g/mol. The van der Waals surface area contributed by atoms with Gasteiger partial charge in [-0.2, -0.15) is 21.6 Å². The Morgan fingerprint density at radius 2 is 1.55 bits per heavy atom. The van der Waals surface area contributed by atoms with Gasteiger partial charge >= 0.3 is 23.9 Å². The summed E-state index contributed by atoms with van der Waals surface area (Å²) in [5, 5.41) is 0. The van der Waals surface area contributed by atoms with Gasteiger partial charge < -0.3 is 4.74 Å². The van der Waals surface area contributed by atoms with Gasteiger partial charge in [0.2, 0.25) is 0 Å². The van der Waals surface area contributed by atoms with E-state index in [1.54, 1.807) is 0 Å². The molecule has 0 saturated carbocycles. The van der Waals surface area contributed by atoms with Crippen LogP contribution in [0.5, 0.6) is 5.75 Å². The van der Waals surface area contributed by atoms with Crippen LogP contribution in [0.2, 0.25) is 0 Å². The third-order valence-electron chi connectivity index (χ3n) is 2.82. The molecule has 29 heavy (non-hydrogen) atoms. The molecule has 0 bridgehead atoms. The molecule has 0 spiro atoms. The van der Waals surface area contributed by atoms with Crippen LogP contribution in [-0.4, -0.2) is 34.1 Å². The number of methoxy groups -OCH3 is 1. The van der Waals surface area contributed by atoms with Crippen LogP contribution in [0.25, 0.3) is 0 Å². The lowest BCUT2D eigenvalue weighted by molar-refractivity contribution is -0.292. The maximum Gasteiger partial charge on any atom is 0.417 e. The van der Waals surface area contributed by atoms with E-state index in [1.807, 2.05) is 0 Å². The van der Waals surface area contributed by atoms with Crippen LogP contribution in [0.1, 0.15) is 33.3 Å². The van der Waals surface area contributed by atoms with Crippen molar-refractivity contribution in [2.24, 2.45) is 0 Å². The van der Waals surface area contributed by atoms with E-state index in [9.17, 15) is 26.2 Å². The topological polar surface area (TPSA) is 107 Å². The first kappa shape index (κ1) is 25.8. The minimum absolute atomic E-state index is 0.537. The van der Waals surface area contributed by atoms with Gasteiger partial charge in [0.15, 0.2) is 6.35 Å². The second-order valence-electron chi connectivity index (χ2n) is 6.09. The Kier molecular flexibility index (Phi) is 9.09. The van der Waals surface area contributed by atoms with Crippen molar-refractivity contribution >= 4 is 17.7 Å². The first-order valence-electron chi connectivity index (χ1n) is 8.14. The van der Waals surface area contributed by atoms with E-state index in [-0.39, 0.29) is 0 Å². The predicted molar refractivity (Wildman–Crippen MR) is 93.4 cm³/mol. The van der Waals surface area contributed by atoms with E-state index in [1.165, 1.54) is 27.7 Å². The van der Waals surface area contributed by atoms with Crippen LogP contribution in [0, 0.1) is 0 Å². The fraction of sp³-hybridized carbons (Fsp3) is 0.600. The van der Waals surface area contributed by atoms with E-state index < -0.39 is 58.7 Å². The quantitative estimate of drug-likeness (QED) is 0.204. The Morgan fingerprint density at radius 1 is 1.03 bits per heavy atom. The van der Waals surface area contributed by atoms with Crippen molar-refractivity contribution in [2.75, 3.05) is 13.5 Å². The first-order valence-corrected chi connectivity index (χ1v) is 11.3. The second-order valence-corrected chi connectivity index (χ2v) is 9.42. The molecule has 0 aliphatic rings. The number of halogens is 3. The van der Waals surface area contributed by atoms with E-state index in [4.69, 9.17) is 4.74 Å². The van der Waals surface area contributed by atoms with Gasteiger partial charge in [-0.25, -0.2) is 9.78 Å². The number of alkyl halides is 3. The number of rotatable bonds is 11. The Balaban J connectivity index is 3.22. The molecule has 168 valence electrons. The number of ether oxygens (including phenoxy) is 1. The standard InChI is InChI=1S/C15H22F3O9PS/c1-10(2)24-26-28(19,27-25-11(3)4)9-23-29(20,21)14-12(15(16,17)18)7-6-8-13(14)22-5/h6-8,10-11H,9H2,1-5H3. The molecular formula is C15H22F3O9PS. The fourth-order valence-electron chi connectivity index (χ4n) is 1.71. The molecule has 0 saturated heterocycles. The maximum atomic E-state index is 13.3. The lowest BCUT2D eigenvalue weighted by atomic mass is 10.2. The van der Waals surface area contributed by atoms with Crippen molar-refractivity contribution in [3.05, 3.63) is 23.8 Å². The summed E-state index contributed by atoms with van der Waals surface area (Å²) in [6.07, 6.45) is -7.55. The van der Waals surface area contributed by atoms with Gasteiger partial charge in [-0.3, -0.25) is 8.75 Å².